The van der Waals surface area contributed by atoms with Gasteiger partial charge >= 0.3 is 5.97 Å². The van der Waals surface area contributed by atoms with Gasteiger partial charge in [-0.2, -0.15) is 0 Å². The van der Waals surface area contributed by atoms with E-state index in [0.717, 1.165) is 11.0 Å². The number of carboxylic acid groups (broad SMARTS) is 1. The number of aryl methyl sites for hydroxylation is 1. The van der Waals surface area contributed by atoms with Crippen LogP contribution in [0.3, 0.4) is 0 Å². The number of fused-ring (bicyclic) bond motifs is 1. The highest BCUT2D eigenvalue weighted by molar-refractivity contribution is 6.00. The lowest BCUT2D eigenvalue weighted by Gasteiger charge is -2.05. The summed E-state index contributed by atoms with van der Waals surface area (Å²) in [6, 6.07) is 5.23. The topological polar surface area (TPSA) is 72.2 Å². The Morgan fingerprint density at radius 2 is 2.17 bits per heavy atom. The van der Waals surface area contributed by atoms with Gasteiger partial charge < -0.3 is 9.67 Å². The first kappa shape index (κ1) is 12.3. The van der Waals surface area contributed by atoms with Crippen LogP contribution in [0.1, 0.15) is 23.7 Å². The van der Waals surface area contributed by atoms with Crippen molar-refractivity contribution in [3.05, 3.63) is 30.1 Å². The zero-order valence-corrected chi connectivity index (χ0v) is 10.3. The first-order valence-corrected chi connectivity index (χ1v) is 5.66. The number of carbonyl (C=O) groups excluding carboxylic acids is 1. The van der Waals surface area contributed by atoms with E-state index in [1.807, 2.05) is 17.7 Å². The van der Waals surface area contributed by atoms with Gasteiger partial charge in [0.2, 0.25) is 0 Å². The number of carboxylic acids is 1. The Morgan fingerprint density at radius 1 is 1.44 bits per heavy atom. The second-order valence-electron chi connectivity index (χ2n) is 4.43. The van der Waals surface area contributed by atoms with Crippen LogP contribution in [-0.2, 0) is 11.8 Å². The number of nitrogens with zero attached hydrogens (tertiary/aromatic N) is 2. The first-order valence-electron chi connectivity index (χ1n) is 5.66. The predicted molar refractivity (Wildman–Crippen MR) is 66.5 cm³/mol. The van der Waals surface area contributed by atoms with E-state index in [0.29, 0.717) is 5.56 Å². The van der Waals surface area contributed by atoms with E-state index in [9.17, 15) is 9.59 Å². The molecule has 18 heavy (non-hydrogen) atoms. The Kier molecular flexibility index (Phi) is 3.14. The number of ketones is 1. The summed E-state index contributed by atoms with van der Waals surface area (Å²) in [4.78, 5) is 26.8. The van der Waals surface area contributed by atoms with Crippen molar-refractivity contribution in [2.24, 2.45) is 13.0 Å². The number of benzene rings is 1. The van der Waals surface area contributed by atoms with E-state index in [4.69, 9.17) is 5.11 Å². The average molecular weight is 246 g/mol. The molecule has 94 valence electrons. The van der Waals surface area contributed by atoms with Crippen LogP contribution in [0.25, 0.3) is 11.0 Å². The third kappa shape index (κ3) is 2.25. The SMILES string of the molecule is CC(CC(=O)c1ccc2c(c1)ncn2C)C(=O)O. The number of hydrogen-bond donors (Lipinski definition) is 1. The molecule has 1 N–H and O–H groups in total. The van der Waals surface area contributed by atoms with E-state index < -0.39 is 11.9 Å². The fraction of sp³-hybridized carbons (Fsp3) is 0.308. The van der Waals surface area contributed by atoms with Crippen molar-refractivity contribution in [3.63, 3.8) is 0 Å². The molecule has 0 amide bonds. The van der Waals surface area contributed by atoms with E-state index in [-0.39, 0.29) is 12.2 Å². The fourth-order valence-corrected chi connectivity index (χ4v) is 1.79. The molecule has 1 aromatic carbocycles. The van der Waals surface area contributed by atoms with Crippen LogP contribution in [0, 0.1) is 5.92 Å². The Morgan fingerprint density at radius 3 is 2.83 bits per heavy atom. The Labute approximate surface area is 104 Å². The molecule has 1 atom stereocenters. The van der Waals surface area contributed by atoms with Gasteiger partial charge in [0.05, 0.1) is 23.3 Å². The maximum atomic E-state index is 11.9. The van der Waals surface area contributed by atoms with Crippen molar-refractivity contribution in [1.29, 1.82) is 0 Å². The van der Waals surface area contributed by atoms with E-state index in [1.165, 1.54) is 6.92 Å². The maximum absolute atomic E-state index is 11.9. The smallest absolute Gasteiger partial charge is 0.306 e. The van der Waals surface area contributed by atoms with Crippen molar-refractivity contribution >= 4 is 22.8 Å². The molecule has 2 rings (SSSR count). The summed E-state index contributed by atoms with van der Waals surface area (Å²) in [7, 11) is 1.88. The molecular formula is C13H14N2O3. The molecule has 0 bridgehead atoms. The molecule has 1 heterocycles. The lowest BCUT2D eigenvalue weighted by molar-refractivity contribution is -0.141. The van der Waals surface area contributed by atoms with Crippen molar-refractivity contribution in [2.75, 3.05) is 0 Å². The lowest BCUT2D eigenvalue weighted by Crippen LogP contribution is -2.14. The number of imidazole rings is 1. The van der Waals surface area contributed by atoms with Gasteiger partial charge in [0.1, 0.15) is 0 Å². The number of rotatable bonds is 4. The Bertz CT molecular complexity index is 616. The van der Waals surface area contributed by atoms with Crippen LogP contribution in [0.4, 0.5) is 0 Å². The van der Waals surface area contributed by atoms with Crippen molar-refractivity contribution < 1.29 is 14.7 Å². The minimum atomic E-state index is -0.956. The molecule has 1 aromatic heterocycles. The third-order valence-electron chi connectivity index (χ3n) is 2.96. The van der Waals surface area contributed by atoms with E-state index >= 15 is 0 Å². The fourth-order valence-electron chi connectivity index (χ4n) is 1.79. The highest BCUT2D eigenvalue weighted by atomic mass is 16.4. The van der Waals surface area contributed by atoms with Gasteiger partial charge in [-0.1, -0.05) is 6.92 Å². The predicted octanol–water partition coefficient (Wildman–Crippen LogP) is 1.87. The van der Waals surface area contributed by atoms with Crippen LogP contribution in [0.15, 0.2) is 24.5 Å². The van der Waals surface area contributed by atoms with Gasteiger partial charge in [0.15, 0.2) is 5.78 Å². The standard InChI is InChI=1S/C13H14N2O3/c1-8(13(17)18)5-12(16)9-3-4-11-10(6-9)14-7-15(11)2/h3-4,6-8H,5H2,1-2H3,(H,17,18). The zero-order valence-electron chi connectivity index (χ0n) is 10.3. The molecule has 1 unspecified atom stereocenters. The first-order chi connectivity index (χ1) is 8.49. The van der Waals surface area contributed by atoms with Gasteiger partial charge in [0.25, 0.3) is 0 Å². The summed E-state index contributed by atoms with van der Waals surface area (Å²) in [5, 5.41) is 8.78. The zero-order chi connectivity index (χ0) is 13.3. The summed E-state index contributed by atoms with van der Waals surface area (Å²) in [6.45, 7) is 1.53. The number of Topliss-reactive ketones (excluding diaryl/α,β-unsaturated/α-hetero) is 1. The molecule has 0 aliphatic rings. The van der Waals surface area contributed by atoms with Crippen molar-refractivity contribution in [2.45, 2.75) is 13.3 Å². The Hall–Kier alpha value is -2.17. The largest absolute Gasteiger partial charge is 0.481 e. The lowest BCUT2D eigenvalue weighted by atomic mass is 9.99. The molecule has 0 saturated heterocycles. The molecule has 5 nitrogen and oxygen atoms in total. The molecule has 0 saturated carbocycles. The second-order valence-corrected chi connectivity index (χ2v) is 4.43. The quantitative estimate of drug-likeness (QED) is 0.836. The summed E-state index contributed by atoms with van der Waals surface area (Å²) in [5.74, 6) is -1.79. The average Bonchev–Trinajstić information content (AvgIpc) is 2.70. The maximum Gasteiger partial charge on any atom is 0.306 e. The van der Waals surface area contributed by atoms with E-state index in [1.54, 1.807) is 18.5 Å². The molecule has 0 aliphatic carbocycles. The molecule has 0 radical (unpaired) electrons. The monoisotopic (exact) mass is 246 g/mol. The van der Waals surface area contributed by atoms with Gasteiger partial charge in [0, 0.05) is 19.0 Å². The molecule has 2 aromatic rings. The number of hydrogen-bond acceptors (Lipinski definition) is 3. The number of aliphatic carboxylic acids is 1. The summed E-state index contributed by atoms with van der Waals surface area (Å²) < 4.78 is 1.86. The molecule has 0 fully saturated rings. The van der Waals surface area contributed by atoms with Gasteiger partial charge in [-0.3, -0.25) is 9.59 Å². The minimum Gasteiger partial charge on any atom is -0.481 e. The van der Waals surface area contributed by atoms with Crippen LogP contribution in [0.5, 0.6) is 0 Å². The van der Waals surface area contributed by atoms with Gasteiger partial charge in [-0.25, -0.2) is 4.98 Å². The van der Waals surface area contributed by atoms with Crippen LogP contribution >= 0.6 is 0 Å². The molecule has 0 spiro atoms. The second kappa shape index (κ2) is 4.60. The van der Waals surface area contributed by atoms with Crippen LogP contribution in [-0.4, -0.2) is 26.4 Å². The molecule has 5 heteroatoms. The van der Waals surface area contributed by atoms with E-state index in [2.05, 4.69) is 4.98 Å². The molecule has 0 aliphatic heterocycles. The normalized spacial score (nSPS) is 12.6. The molecular weight excluding hydrogens is 232 g/mol. The Balaban J connectivity index is 2.25. The van der Waals surface area contributed by atoms with Gasteiger partial charge in [-0.15, -0.1) is 0 Å². The van der Waals surface area contributed by atoms with Crippen LogP contribution in [0.2, 0.25) is 0 Å². The summed E-state index contributed by atoms with van der Waals surface area (Å²) in [6.07, 6.45) is 1.69. The summed E-state index contributed by atoms with van der Waals surface area (Å²) >= 11 is 0. The number of aromatic nitrogens is 2. The summed E-state index contributed by atoms with van der Waals surface area (Å²) in [5.41, 5.74) is 2.19. The minimum absolute atomic E-state index is 0.00761. The van der Waals surface area contributed by atoms with Crippen molar-refractivity contribution in [1.82, 2.24) is 9.55 Å². The number of carbonyl (C=O) groups is 2. The van der Waals surface area contributed by atoms with Crippen LogP contribution < -0.4 is 0 Å². The third-order valence-corrected chi connectivity index (χ3v) is 2.96. The van der Waals surface area contributed by atoms with Crippen molar-refractivity contribution in [3.8, 4) is 0 Å². The highest BCUT2D eigenvalue weighted by Gasteiger charge is 2.17. The highest BCUT2D eigenvalue weighted by Crippen LogP contribution is 2.16. The van der Waals surface area contributed by atoms with Gasteiger partial charge in [-0.05, 0) is 18.2 Å².